The maximum Gasteiger partial charge on any atom is 0.107 e. The largest absolute Gasteiger partial charge is 0.243 e. The van der Waals surface area contributed by atoms with Gasteiger partial charge in [0.1, 0.15) is 5.75 Å². The topological polar surface area (TPSA) is 17.8 Å². The maximum absolute atomic E-state index is 4.01. The minimum atomic E-state index is 1.03. The van der Waals surface area contributed by atoms with E-state index in [4.69, 9.17) is 0 Å². The van der Waals surface area contributed by atoms with Crippen LogP contribution in [0.15, 0.2) is 17.7 Å². The van der Waals surface area contributed by atoms with Gasteiger partial charge < -0.3 is 0 Å². The van der Waals surface area contributed by atoms with Crippen molar-refractivity contribution in [1.82, 2.24) is 9.78 Å². The summed E-state index contributed by atoms with van der Waals surface area (Å²) in [6, 6.07) is 1.93. The molecule has 44 valence electrons. The standard InChI is InChI=1S/C6H4N2S/c1-2-7-8-3-4-9-5-6(1)8/h1-4H. The second-order valence-corrected chi connectivity index (χ2v) is 2.38. The molecule has 0 aliphatic carbocycles. The molecular formula is C6H4N2S. The third-order valence-corrected chi connectivity index (χ3v) is 1.69. The molecule has 0 fully saturated rings. The molecule has 0 unspecified atom stereocenters. The Morgan fingerprint density at radius 3 is 3.56 bits per heavy atom. The molecule has 0 spiro atoms. The Hall–Kier alpha value is -0.700. The zero-order chi connectivity index (χ0) is 6.10. The Bertz CT molecular complexity index is 239. The molecule has 1 aromatic rings. The van der Waals surface area contributed by atoms with E-state index in [0.29, 0.717) is 0 Å². The number of rotatable bonds is 0. The van der Waals surface area contributed by atoms with Crippen molar-refractivity contribution in [1.29, 1.82) is 0 Å². The van der Waals surface area contributed by atoms with Gasteiger partial charge in [-0.15, -0.1) is 11.8 Å². The first-order chi connectivity index (χ1) is 4.47. The molecule has 0 atom stereocenters. The zero-order valence-corrected chi connectivity index (χ0v) is 5.43. The Labute approximate surface area is 57.6 Å². The van der Waals surface area contributed by atoms with Crippen LogP contribution < -0.4 is 0 Å². The zero-order valence-electron chi connectivity index (χ0n) is 4.61. The summed E-state index contributed by atoms with van der Waals surface area (Å²) in [6.45, 7) is 0. The molecule has 2 rings (SSSR count). The SMILES string of the molecule is [C]1SC=Cn2nccc21. The van der Waals surface area contributed by atoms with Crippen LogP contribution in [0.25, 0.3) is 6.20 Å². The van der Waals surface area contributed by atoms with E-state index in [2.05, 4.69) is 10.9 Å². The van der Waals surface area contributed by atoms with Crippen LogP contribution in [0.4, 0.5) is 0 Å². The summed E-state index contributed by atoms with van der Waals surface area (Å²) in [4.78, 5) is 0. The Balaban J connectivity index is 2.53. The third kappa shape index (κ3) is 0.772. The van der Waals surface area contributed by atoms with Crippen LogP contribution >= 0.6 is 11.8 Å². The minimum absolute atomic E-state index is 1.03. The van der Waals surface area contributed by atoms with Gasteiger partial charge in [0.15, 0.2) is 0 Å². The van der Waals surface area contributed by atoms with Crippen LogP contribution in [0.3, 0.4) is 0 Å². The van der Waals surface area contributed by atoms with Crippen LogP contribution in [0.2, 0.25) is 0 Å². The van der Waals surface area contributed by atoms with E-state index in [0.717, 1.165) is 5.69 Å². The molecule has 0 aromatic carbocycles. The molecule has 9 heavy (non-hydrogen) atoms. The van der Waals surface area contributed by atoms with Crippen molar-refractivity contribution in [3.05, 3.63) is 29.1 Å². The number of nitrogens with zero attached hydrogens (tertiary/aromatic N) is 2. The second-order valence-electron chi connectivity index (χ2n) is 1.67. The predicted octanol–water partition coefficient (Wildman–Crippen LogP) is 1.44. The average molecular weight is 136 g/mol. The van der Waals surface area contributed by atoms with Crippen molar-refractivity contribution in [2.45, 2.75) is 0 Å². The highest BCUT2D eigenvalue weighted by Gasteiger charge is 2.03. The van der Waals surface area contributed by atoms with Gasteiger partial charge in [0.05, 0.1) is 5.69 Å². The Morgan fingerprint density at radius 2 is 2.67 bits per heavy atom. The van der Waals surface area contributed by atoms with Gasteiger partial charge >= 0.3 is 0 Å². The van der Waals surface area contributed by atoms with E-state index in [1.165, 1.54) is 0 Å². The molecule has 3 heteroatoms. The Morgan fingerprint density at radius 1 is 1.67 bits per heavy atom. The smallest absolute Gasteiger partial charge is 0.107 e. The normalized spacial score (nSPS) is 15.6. The summed E-state index contributed by atoms with van der Waals surface area (Å²) in [5.41, 5.74) is 1.03. The first-order valence-electron chi connectivity index (χ1n) is 2.59. The lowest BCUT2D eigenvalue weighted by atomic mass is 10.5. The summed E-state index contributed by atoms with van der Waals surface area (Å²) < 4.78 is 1.79. The molecule has 2 heterocycles. The molecule has 2 nitrogen and oxygen atoms in total. The summed E-state index contributed by atoms with van der Waals surface area (Å²) in [5.74, 6) is 3.07. The summed E-state index contributed by atoms with van der Waals surface area (Å²) in [6.07, 6.45) is 3.68. The summed E-state index contributed by atoms with van der Waals surface area (Å²) in [5, 5.41) is 5.96. The second kappa shape index (κ2) is 1.92. The van der Waals surface area contributed by atoms with E-state index < -0.39 is 0 Å². The number of hydrogen-bond donors (Lipinski definition) is 0. The van der Waals surface area contributed by atoms with E-state index in [9.17, 15) is 0 Å². The van der Waals surface area contributed by atoms with Crippen LogP contribution in [0, 0.1) is 5.75 Å². The van der Waals surface area contributed by atoms with Crippen LogP contribution in [-0.2, 0) is 0 Å². The first kappa shape index (κ1) is 5.11. The average Bonchev–Trinajstić information content (AvgIpc) is 2.33. The number of fused-ring (bicyclic) bond motifs is 1. The van der Waals surface area contributed by atoms with Crippen molar-refractivity contribution in [2.75, 3.05) is 0 Å². The molecule has 0 N–H and O–H groups in total. The first-order valence-corrected chi connectivity index (χ1v) is 3.46. The van der Waals surface area contributed by atoms with E-state index in [-0.39, 0.29) is 0 Å². The van der Waals surface area contributed by atoms with Gasteiger partial charge in [0.25, 0.3) is 0 Å². The quantitative estimate of drug-likeness (QED) is 0.537. The van der Waals surface area contributed by atoms with Gasteiger partial charge in [0.2, 0.25) is 0 Å². The van der Waals surface area contributed by atoms with Gasteiger partial charge in [0, 0.05) is 12.4 Å². The van der Waals surface area contributed by atoms with Gasteiger partial charge in [-0.2, -0.15) is 5.10 Å². The van der Waals surface area contributed by atoms with E-state index >= 15 is 0 Å². The minimum Gasteiger partial charge on any atom is -0.243 e. The lowest BCUT2D eigenvalue weighted by Crippen LogP contribution is -1.95. The molecule has 1 aliphatic heterocycles. The molecule has 0 saturated carbocycles. The molecule has 1 aliphatic rings. The molecular weight excluding hydrogens is 132 g/mol. The van der Waals surface area contributed by atoms with Crippen LogP contribution in [-0.4, -0.2) is 9.78 Å². The number of thioether (sulfide) groups is 1. The van der Waals surface area contributed by atoms with Crippen LogP contribution in [0.1, 0.15) is 5.69 Å². The van der Waals surface area contributed by atoms with Gasteiger partial charge in [-0.1, -0.05) is 0 Å². The fourth-order valence-corrected chi connectivity index (χ4v) is 1.22. The molecule has 0 amide bonds. The maximum atomic E-state index is 4.01. The van der Waals surface area contributed by atoms with E-state index in [1.807, 2.05) is 17.7 Å². The lowest BCUT2D eigenvalue weighted by molar-refractivity contribution is 0.912. The monoisotopic (exact) mass is 136 g/mol. The van der Waals surface area contributed by atoms with Crippen molar-refractivity contribution in [3.8, 4) is 0 Å². The van der Waals surface area contributed by atoms with Crippen LogP contribution in [0.5, 0.6) is 0 Å². The van der Waals surface area contributed by atoms with Gasteiger partial charge in [-0.25, -0.2) is 4.68 Å². The number of hydrogen-bond acceptors (Lipinski definition) is 2. The summed E-state index contributed by atoms with van der Waals surface area (Å²) in [7, 11) is 0. The predicted molar refractivity (Wildman–Crippen MR) is 37.5 cm³/mol. The Kier molecular flexibility index (Phi) is 1.09. The van der Waals surface area contributed by atoms with Gasteiger partial charge in [-0.05, 0) is 11.5 Å². The third-order valence-electron chi connectivity index (χ3n) is 1.10. The van der Waals surface area contributed by atoms with Gasteiger partial charge in [-0.3, -0.25) is 0 Å². The molecule has 0 saturated heterocycles. The lowest BCUT2D eigenvalue weighted by Gasteiger charge is -2.02. The highest BCUT2D eigenvalue weighted by Crippen LogP contribution is 2.20. The summed E-state index contributed by atoms with van der Waals surface area (Å²) >= 11 is 1.55. The molecule has 0 bridgehead atoms. The van der Waals surface area contributed by atoms with Crippen molar-refractivity contribution < 1.29 is 0 Å². The fourth-order valence-electron chi connectivity index (χ4n) is 0.696. The fraction of sp³-hybridized carbons (Fsp3) is 0. The number of aromatic nitrogens is 2. The molecule has 2 radical (unpaired) electrons. The molecule has 1 aromatic heterocycles. The van der Waals surface area contributed by atoms with Crippen molar-refractivity contribution in [3.63, 3.8) is 0 Å². The van der Waals surface area contributed by atoms with E-state index in [1.54, 1.807) is 22.6 Å². The van der Waals surface area contributed by atoms with Crippen molar-refractivity contribution in [2.24, 2.45) is 0 Å². The highest BCUT2D eigenvalue weighted by molar-refractivity contribution is 8.04. The van der Waals surface area contributed by atoms with Crippen molar-refractivity contribution >= 4 is 18.0 Å². The highest BCUT2D eigenvalue weighted by atomic mass is 32.2.